The maximum absolute atomic E-state index is 7.25. The van der Waals surface area contributed by atoms with Crippen molar-refractivity contribution in [1.29, 1.82) is 0 Å². The zero-order valence-electron chi connectivity index (χ0n) is 47.6. The van der Waals surface area contributed by atoms with Crippen LogP contribution in [0.1, 0.15) is 74.3 Å². The zero-order valence-corrected chi connectivity index (χ0v) is 47.6. The molecular formula is C76H61BN4O2. The minimum absolute atomic E-state index is 0.0123. The monoisotopic (exact) mass is 1070 g/mol. The number of furan rings is 2. The van der Waals surface area contributed by atoms with Crippen LogP contribution in [0.5, 0.6) is 0 Å². The van der Waals surface area contributed by atoms with Gasteiger partial charge in [0.2, 0.25) is 0 Å². The molecule has 0 amide bonds. The number of aryl methyl sites for hydroxylation is 2. The molecule has 0 unspecified atom stereocenters. The first-order valence-corrected chi connectivity index (χ1v) is 29.8. The molecule has 0 bridgehead atoms. The highest BCUT2D eigenvalue weighted by Gasteiger charge is 2.55. The highest BCUT2D eigenvalue weighted by molar-refractivity contribution is 6.91. The molecule has 5 aliphatic rings. The lowest BCUT2D eigenvalue weighted by Gasteiger charge is -2.52. The molecule has 0 saturated heterocycles. The first kappa shape index (κ1) is 48.3. The molecule has 5 heterocycles. The summed E-state index contributed by atoms with van der Waals surface area (Å²) in [6.45, 7) is 11.7. The summed E-state index contributed by atoms with van der Waals surface area (Å²) in [7, 11) is 0. The van der Waals surface area contributed by atoms with Gasteiger partial charge in [0.1, 0.15) is 11.2 Å². The van der Waals surface area contributed by atoms with Crippen LogP contribution in [0.4, 0.5) is 45.5 Å². The Morgan fingerprint density at radius 1 is 0.398 bits per heavy atom. The number of benzene rings is 10. The Morgan fingerprint density at radius 3 is 1.27 bits per heavy atom. The summed E-state index contributed by atoms with van der Waals surface area (Å²) in [5, 5.41) is 4.40. The second-order valence-corrected chi connectivity index (χ2v) is 24.1. The van der Waals surface area contributed by atoms with Crippen LogP contribution in [0.15, 0.2) is 238 Å². The molecule has 17 rings (SSSR count). The van der Waals surface area contributed by atoms with Gasteiger partial charge in [0.15, 0.2) is 11.2 Å². The molecule has 10 aromatic carbocycles. The number of allylic oxidation sites excluding steroid dienone is 2. The third-order valence-electron chi connectivity index (χ3n) is 19.6. The standard InChI is InChI=1S/C76H61BN4O2/c1-46-44-64-65(45-47(46)2)81(63-39-21-33-57-55-31-15-19-41-67(55)83-73(57)63)75-49(4)79(61-37-17-13-29-53(61)51-26-10-7-11-27-51)71-59-35-23-43-76(5)42-22-34-58(68(59)76)70-69(71)77(75)74(48(3)78(70)60-36-16-12-28-52(60)50-24-8-6-9-25-50)80(64)62-38-20-32-56-54-30-14-18-40-66(54)82-72(56)62/h6-21,24-33,36-41,44-45H,22-23,34-35,42-43H2,1-5H3. The van der Waals surface area contributed by atoms with Crippen molar-refractivity contribution in [2.24, 2.45) is 0 Å². The van der Waals surface area contributed by atoms with Crippen molar-refractivity contribution in [2.75, 3.05) is 19.6 Å². The molecular weight excluding hydrogens is 1010 g/mol. The molecule has 0 saturated carbocycles. The van der Waals surface area contributed by atoms with Crippen molar-refractivity contribution in [3.8, 4) is 22.3 Å². The largest absolute Gasteiger partial charge is 0.454 e. The van der Waals surface area contributed by atoms with Crippen LogP contribution in [0.2, 0.25) is 0 Å². The summed E-state index contributed by atoms with van der Waals surface area (Å²) < 4.78 is 14.5. The van der Waals surface area contributed by atoms with Crippen LogP contribution in [0, 0.1) is 13.8 Å². The zero-order chi connectivity index (χ0) is 55.4. The van der Waals surface area contributed by atoms with E-state index in [4.69, 9.17) is 8.83 Å². The van der Waals surface area contributed by atoms with Crippen LogP contribution in [-0.2, 0) is 18.3 Å². The molecule has 0 radical (unpaired) electrons. The second kappa shape index (κ2) is 18.0. The molecule has 3 aliphatic heterocycles. The van der Waals surface area contributed by atoms with Crippen molar-refractivity contribution in [2.45, 2.75) is 78.6 Å². The van der Waals surface area contributed by atoms with E-state index in [1.807, 2.05) is 0 Å². The topological polar surface area (TPSA) is 39.2 Å². The minimum Gasteiger partial charge on any atom is -0.454 e. The number of hydrogen-bond donors (Lipinski definition) is 0. The summed E-state index contributed by atoms with van der Waals surface area (Å²) >= 11 is 0. The Balaban J connectivity index is 1.11. The molecule has 83 heavy (non-hydrogen) atoms. The van der Waals surface area contributed by atoms with Gasteiger partial charge in [0, 0.05) is 66.6 Å². The smallest absolute Gasteiger partial charge is 0.293 e. The van der Waals surface area contributed by atoms with Gasteiger partial charge in [-0.2, -0.15) is 0 Å². The fraction of sp³-hybridized carbons (Fsp3) is 0.158. The van der Waals surface area contributed by atoms with Gasteiger partial charge < -0.3 is 28.4 Å². The van der Waals surface area contributed by atoms with Gasteiger partial charge >= 0.3 is 0 Å². The molecule has 0 atom stereocenters. The molecule has 7 heteroatoms. The lowest BCUT2D eigenvalue weighted by atomic mass is 9.35. The van der Waals surface area contributed by atoms with Crippen molar-refractivity contribution >= 4 is 102 Å². The van der Waals surface area contributed by atoms with Crippen LogP contribution < -0.4 is 25.1 Å². The highest BCUT2D eigenvalue weighted by atomic mass is 16.3. The fourth-order valence-electron chi connectivity index (χ4n) is 15.9. The normalized spacial score (nSPS) is 16.1. The molecule has 2 aromatic heterocycles. The Kier molecular flexibility index (Phi) is 10.5. The first-order chi connectivity index (χ1) is 40.8. The first-order valence-electron chi connectivity index (χ1n) is 29.8. The quantitative estimate of drug-likeness (QED) is 0.155. The molecule has 400 valence electrons. The molecule has 0 fully saturated rings. The van der Waals surface area contributed by atoms with E-state index in [0.29, 0.717) is 0 Å². The maximum Gasteiger partial charge on any atom is 0.293 e. The van der Waals surface area contributed by atoms with Crippen LogP contribution in [0.25, 0.3) is 66.1 Å². The molecule has 6 nitrogen and oxygen atoms in total. The molecule has 2 aliphatic carbocycles. The van der Waals surface area contributed by atoms with Crippen molar-refractivity contribution in [1.82, 2.24) is 0 Å². The summed E-state index contributed by atoms with van der Waals surface area (Å²) in [4.78, 5) is 10.8. The van der Waals surface area contributed by atoms with Crippen molar-refractivity contribution in [3.63, 3.8) is 0 Å². The number of hydrogen-bond acceptors (Lipinski definition) is 6. The SMILES string of the molecule is CC1=C2B3C(=C(C)N(c4ccccc4-c4ccccc4)c4c5c6c(c(c43)N1c1ccccc1-c1ccccc1)CCCC6(C)CCC5)N(c1cccc3c1oc1ccccc13)c1cc(C)c(C)cc1N2c1cccc2c1oc1ccccc12. The Morgan fingerprint density at radius 2 is 0.795 bits per heavy atom. The molecule has 0 N–H and O–H groups in total. The number of anilines is 8. The van der Waals surface area contributed by atoms with E-state index in [-0.39, 0.29) is 12.1 Å². The number of para-hydroxylation sites is 6. The van der Waals surface area contributed by atoms with E-state index >= 15 is 0 Å². The summed E-state index contributed by atoms with van der Waals surface area (Å²) in [6, 6.07) is 76.1. The lowest BCUT2D eigenvalue weighted by molar-refractivity contribution is 0.337. The van der Waals surface area contributed by atoms with Gasteiger partial charge in [-0.05, 0) is 165 Å². The maximum atomic E-state index is 7.25. The third-order valence-corrected chi connectivity index (χ3v) is 19.6. The van der Waals surface area contributed by atoms with Crippen molar-refractivity contribution < 1.29 is 8.83 Å². The lowest BCUT2D eigenvalue weighted by Crippen LogP contribution is -2.56. The van der Waals surface area contributed by atoms with Gasteiger partial charge in [-0.3, -0.25) is 0 Å². The van der Waals surface area contributed by atoms with Gasteiger partial charge in [-0.1, -0.05) is 165 Å². The van der Waals surface area contributed by atoms with Crippen LogP contribution in [-0.4, -0.2) is 6.71 Å². The third kappa shape index (κ3) is 6.79. The average molecular weight is 1070 g/mol. The predicted molar refractivity (Wildman–Crippen MR) is 346 cm³/mol. The number of nitrogens with zero attached hydrogens (tertiary/aromatic N) is 4. The molecule has 12 aromatic rings. The number of rotatable bonds is 6. The van der Waals surface area contributed by atoms with Gasteiger partial charge in [-0.25, -0.2) is 0 Å². The van der Waals surface area contributed by atoms with E-state index in [0.717, 1.165) is 92.3 Å². The second-order valence-electron chi connectivity index (χ2n) is 24.1. The Hall–Kier alpha value is -9.46. The Bertz CT molecular complexity index is 4500. The fourth-order valence-corrected chi connectivity index (χ4v) is 15.9. The van der Waals surface area contributed by atoms with Gasteiger partial charge in [0.05, 0.1) is 34.1 Å². The van der Waals surface area contributed by atoms with Gasteiger partial charge in [0.25, 0.3) is 6.71 Å². The predicted octanol–water partition coefficient (Wildman–Crippen LogP) is 19.9. The summed E-state index contributed by atoms with van der Waals surface area (Å²) in [5.74, 6) is 0. The summed E-state index contributed by atoms with van der Waals surface area (Å²) in [5.41, 5.74) is 30.5. The average Bonchev–Trinajstić information content (AvgIpc) is 1.69. The van der Waals surface area contributed by atoms with E-state index in [9.17, 15) is 0 Å². The van der Waals surface area contributed by atoms with E-state index in [1.54, 1.807) is 5.56 Å². The Labute approximate surface area is 484 Å². The molecule has 0 spiro atoms. The van der Waals surface area contributed by atoms with Gasteiger partial charge in [-0.15, -0.1) is 0 Å². The number of fused-ring (bicyclic) bond motifs is 9. The van der Waals surface area contributed by atoms with E-state index in [2.05, 4.69) is 260 Å². The van der Waals surface area contributed by atoms with Crippen LogP contribution in [0.3, 0.4) is 0 Å². The van der Waals surface area contributed by atoms with E-state index < -0.39 is 0 Å². The highest BCUT2D eigenvalue weighted by Crippen LogP contribution is 2.62. The minimum atomic E-state index is -0.302. The van der Waals surface area contributed by atoms with Crippen molar-refractivity contribution in [3.05, 3.63) is 257 Å². The van der Waals surface area contributed by atoms with Crippen LogP contribution >= 0.6 is 0 Å². The summed E-state index contributed by atoms with van der Waals surface area (Å²) in [6.07, 6.45) is 6.62. The van der Waals surface area contributed by atoms with E-state index in [1.165, 1.54) is 108 Å².